The fourth-order valence-corrected chi connectivity index (χ4v) is 2.84. The van der Waals surface area contributed by atoms with Gasteiger partial charge in [0.05, 0.1) is 23.9 Å². The molecule has 1 amide bonds. The summed E-state index contributed by atoms with van der Waals surface area (Å²) in [4.78, 5) is 17.0. The molecule has 0 radical (unpaired) electrons. The van der Waals surface area contributed by atoms with Gasteiger partial charge < -0.3 is 15.4 Å². The Kier molecular flexibility index (Phi) is 4.24. The molecule has 1 aromatic carbocycles. The molecule has 0 spiro atoms. The molecule has 1 aromatic heterocycles. The van der Waals surface area contributed by atoms with Crippen LogP contribution in [-0.4, -0.2) is 37.1 Å². The Morgan fingerprint density at radius 1 is 1.41 bits per heavy atom. The van der Waals surface area contributed by atoms with Gasteiger partial charge in [-0.25, -0.2) is 0 Å². The topological polar surface area (TPSA) is 63.2 Å². The number of hydrogen-bond acceptors (Lipinski definition) is 4. The fourth-order valence-electron chi connectivity index (χ4n) is 2.84. The van der Waals surface area contributed by atoms with Gasteiger partial charge in [-0.3, -0.25) is 9.78 Å². The Labute approximate surface area is 130 Å². The molecular weight excluding hydrogens is 278 g/mol. The van der Waals surface area contributed by atoms with Crippen LogP contribution in [0.4, 0.5) is 0 Å². The molecule has 1 fully saturated rings. The van der Waals surface area contributed by atoms with Gasteiger partial charge in [0.15, 0.2) is 0 Å². The minimum atomic E-state index is -0.0450. The second-order valence-corrected chi connectivity index (χ2v) is 5.70. The second kappa shape index (κ2) is 6.32. The summed E-state index contributed by atoms with van der Waals surface area (Å²) < 4.78 is 5.21. The normalized spacial score (nSPS) is 18.2. The van der Waals surface area contributed by atoms with Crippen LogP contribution in [0, 0.1) is 6.92 Å². The van der Waals surface area contributed by atoms with E-state index in [4.69, 9.17) is 4.74 Å². The highest BCUT2D eigenvalue weighted by Crippen LogP contribution is 2.21. The number of piperidine rings is 1. The second-order valence-electron chi connectivity index (χ2n) is 5.70. The zero-order valence-electron chi connectivity index (χ0n) is 13.0. The van der Waals surface area contributed by atoms with E-state index in [1.807, 2.05) is 31.2 Å². The predicted octanol–water partition coefficient (Wildman–Crippen LogP) is 2.03. The number of nitrogens with zero attached hydrogens (tertiary/aromatic N) is 1. The maximum Gasteiger partial charge on any atom is 0.253 e. The standard InChI is InChI=1S/C17H21N3O2/c1-11-15(17(21)20-13-4-3-7-18-10-13)8-12-5-6-14(22-2)9-16(12)19-11/h5-6,8-9,13,18H,3-4,7,10H2,1-2H3,(H,20,21). The largest absolute Gasteiger partial charge is 0.497 e. The molecular formula is C17H21N3O2. The number of carbonyl (C=O) groups excluding carboxylic acids is 1. The summed E-state index contributed by atoms with van der Waals surface area (Å²) in [6, 6.07) is 7.80. The fraction of sp³-hybridized carbons (Fsp3) is 0.412. The Bertz CT molecular complexity index is 694. The number of carbonyl (C=O) groups is 1. The summed E-state index contributed by atoms with van der Waals surface area (Å²) in [6.45, 7) is 3.74. The van der Waals surface area contributed by atoms with E-state index in [0.29, 0.717) is 5.56 Å². The first-order valence-electron chi connectivity index (χ1n) is 7.64. The van der Waals surface area contributed by atoms with Crippen molar-refractivity contribution in [1.82, 2.24) is 15.6 Å². The van der Waals surface area contributed by atoms with Crippen LogP contribution in [0.5, 0.6) is 5.75 Å². The van der Waals surface area contributed by atoms with Crippen LogP contribution in [0.25, 0.3) is 10.9 Å². The van der Waals surface area contributed by atoms with E-state index in [1.54, 1.807) is 7.11 Å². The zero-order valence-corrected chi connectivity index (χ0v) is 13.0. The monoisotopic (exact) mass is 299 g/mol. The molecule has 5 nitrogen and oxygen atoms in total. The molecule has 2 aromatic rings. The van der Waals surface area contributed by atoms with E-state index in [-0.39, 0.29) is 11.9 Å². The molecule has 1 saturated heterocycles. The van der Waals surface area contributed by atoms with Crippen LogP contribution in [0.3, 0.4) is 0 Å². The quantitative estimate of drug-likeness (QED) is 0.910. The zero-order chi connectivity index (χ0) is 15.5. The molecule has 0 aliphatic carbocycles. The van der Waals surface area contributed by atoms with Gasteiger partial charge in [-0.2, -0.15) is 0 Å². The number of nitrogens with one attached hydrogen (secondary N) is 2. The molecule has 22 heavy (non-hydrogen) atoms. The van der Waals surface area contributed by atoms with Crippen LogP contribution in [0.2, 0.25) is 0 Å². The van der Waals surface area contributed by atoms with Crippen molar-refractivity contribution in [2.45, 2.75) is 25.8 Å². The van der Waals surface area contributed by atoms with Gasteiger partial charge in [-0.1, -0.05) is 0 Å². The van der Waals surface area contributed by atoms with E-state index in [9.17, 15) is 4.79 Å². The first-order chi connectivity index (χ1) is 10.7. The van der Waals surface area contributed by atoms with Gasteiger partial charge in [0, 0.05) is 24.0 Å². The Morgan fingerprint density at radius 2 is 2.27 bits per heavy atom. The van der Waals surface area contributed by atoms with Gasteiger partial charge in [-0.05, 0) is 44.5 Å². The average molecular weight is 299 g/mol. The Hall–Kier alpha value is -2.14. The molecule has 2 heterocycles. The van der Waals surface area contributed by atoms with Crippen LogP contribution in [0.1, 0.15) is 28.9 Å². The third kappa shape index (κ3) is 3.04. The minimum absolute atomic E-state index is 0.0450. The van der Waals surface area contributed by atoms with Crippen molar-refractivity contribution < 1.29 is 9.53 Å². The molecule has 1 unspecified atom stereocenters. The predicted molar refractivity (Wildman–Crippen MR) is 86.4 cm³/mol. The lowest BCUT2D eigenvalue weighted by Gasteiger charge is -2.24. The van der Waals surface area contributed by atoms with Crippen molar-refractivity contribution in [2.75, 3.05) is 20.2 Å². The van der Waals surface area contributed by atoms with Gasteiger partial charge in [-0.15, -0.1) is 0 Å². The SMILES string of the molecule is COc1ccc2cc(C(=O)NC3CCCNC3)c(C)nc2c1. The van der Waals surface area contributed by atoms with Crippen LogP contribution >= 0.6 is 0 Å². The number of aromatic nitrogens is 1. The summed E-state index contributed by atoms with van der Waals surface area (Å²) >= 11 is 0. The van der Waals surface area contributed by atoms with Crippen molar-refractivity contribution >= 4 is 16.8 Å². The highest BCUT2D eigenvalue weighted by molar-refractivity contribution is 5.99. The summed E-state index contributed by atoms with van der Waals surface area (Å²) in [5.41, 5.74) is 2.22. The van der Waals surface area contributed by atoms with Gasteiger partial charge in [0.1, 0.15) is 5.75 Å². The van der Waals surface area contributed by atoms with Gasteiger partial charge in [0.2, 0.25) is 0 Å². The molecule has 1 aliphatic rings. The van der Waals surface area contributed by atoms with Crippen molar-refractivity contribution in [3.05, 3.63) is 35.5 Å². The smallest absolute Gasteiger partial charge is 0.253 e. The molecule has 2 N–H and O–H groups in total. The Morgan fingerprint density at radius 3 is 3.00 bits per heavy atom. The maximum atomic E-state index is 12.5. The number of pyridine rings is 1. The highest BCUT2D eigenvalue weighted by atomic mass is 16.5. The minimum Gasteiger partial charge on any atom is -0.497 e. The van der Waals surface area contributed by atoms with E-state index < -0.39 is 0 Å². The summed E-state index contributed by atoms with van der Waals surface area (Å²) in [5, 5.41) is 7.34. The Balaban J connectivity index is 1.86. The highest BCUT2D eigenvalue weighted by Gasteiger charge is 2.18. The van der Waals surface area contributed by atoms with Crippen molar-refractivity contribution in [1.29, 1.82) is 0 Å². The van der Waals surface area contributed by atoms with Crippen LogP contribution in [0.15, 0.2) is 24.3 Å². The summed E-state index contributed by atoms with van der Waals surface area (Å²) in [7, 11) is 1.63. The number of methoxy groups -OCH3 is 1. The van der Waals surface area contributed by atoms with Crippen molar-refractivity contribution in [3.8, 4) is 5.75 Å². The summed E-state index contributed by atoms with van der Waals surface area (Å²) in [5.74, 6) is 0.723. The maximum absolute atomic E-state index is 12.5. The van der Waals surface area contributed by atoms with E-state index >= 15 is 0 Å². The third-order valence-corrected chi connectivity index (χ3v) is 4.09. The molecule has 5 heteroatoms. The average Bonchev–Trinajstić information content (AvgIpc) is 2.54. The molecule has 1 atom stereocenters. The number of aryl methyl sites for hydroxylation is 1. The third-order valence-electron chi connectivity index (χ3n) is 4.09. The van der Waals surface area contributed by atoms with Gasteiger partial charge >= 0.3 is 0 Å². The molecule has 0 bridgehead atoms. The number of hydrogen-bond donors (Lipinski definition) is 2. The molecule has 0 saturated carbocycles. The van der Waals surface area contributed by atoms with E-state index in [1.165, 1.54) is 0 Å². The number of rotatable bonds is 3. The summed E-state index contributed by atoms with van der Waals surface area (Å²) in [6.07, 6.45) is 2.12. The first-order valence-corrected chi connectivity index (χ1v) is 7.64. The van der Waals surface area contributed by atoms with E-state index in [2.05, 4.69) is 15.6 Å². The number of amides is 1. The lowest BCUT2D eigenvalue weighted by atomic mass is 10.1. The van der Waals surface area contributed by atoms with Crippen molar-refractivity contribution in [2.24, 2.45) is 0 Å². The molecule has 1 aliphatic heterocycles. The van der Waals surface area contributed by atoms with Gasteiger partial charge in [0.25, 0.3) is 5.91 Å². The van der Waals surface area contributed by atoms with Crippen molar-refractivity contribution in [3.63, 3.8) is 0 Å². The lowest BCUT2D eigenvalue weighted by Crippen LogP contribution is -2.45. The first kappa shape index (κ1) is 14.8. The van der Waals surface area contributed by atoms with Crippen LogP contribution < -0.4 is 15.4 Å². The number of benzene rings is 1. The number of ether oxygens (including phenoxy) is 1. The lowest BCUT2D eigenvalue weighted by molar-refractivity contribution is 0.0930. The number of fused-ring (bicyclic) bond motifs is 1. The van der Waals surface area contributed by atoms with E-state index in [0.717, 1.165) is 48.3 Å². The molecule has 116 valence electrons. The molecule has 3 rings (SSSR count). The van der Waals surface area contributed by atoms with Crippen LogP contribution in [-0.2, 0) is 0 Å².